The summed E-state index contributed by atoms with van der Waals surface area (Å²) in [7, 11) is 0. The fourth-order valence-corrected chi connectivity index (χ4v) is 0.818. The average Bonchev–Trinajstić information content (AvgIpc) is 2.14. The molecule has 0 atom stereocenters. The maximum atomic E-state index is 8.76. The first-order valence-corrected chi connectivity index (χ1v) is 4.45. The molecule has 0 amide bonds. The summed E-state index contributed by atoms with van der Waals surface area (Å²) in [6.45, 7) is 10.7. The molecule has 0 bridgehead atoms. The number of hydrogen-bond acceptors (Lipinski definition) is 2. The number of aliphatic imine (C=N–C) groups is 1. The SMILES string of the molecule is C=CN=CNC(=C)/C(C#N)=C\C(=C)Br. The summed E-state index contributed by atoms with van der Waals surface area (Å²) in [4.78, 5) is 3.70. The number of allylic oxidation sites excluding steroid dienone is 3. The molecule has 0 spiro atoms. The van der Waals surface area contributed by atoms with E-state index < -0.39 is 0 Å². The summed E-state index contributed by atoms with van der Waals surface area (Å²) < 4.78 is 0.609. The largest absolute Gasteiger partial charge is 0.346 e. The monoisotopic (exact) mass is 251 g/mol. The van der Waals surface area contributed by atoms with E-state index >= 15 is 0 Å². The van der Waals surface area contributed by atoms with Crippen LogP contribution in [0, 0.1) is 11.3 Å². The van der Waals surface area contributed by atoms with Crippen LogP contribution in [0.1, 0.15) is 0 Å². The summed E-state index contributed by atoms with van der Waals surface area (Å²) >= 11 is 3.13. The van der Waals surface area contributed by atoms with Crippen LogP contribution in [0.3, 0.4) is 0 Å². The molecular weight excluding hydrogens is 242 g/mol. The van der Waals surface area contributed by atoms with Gasteiger partial charge in [-0.15, -0.1) is 0 Å². The van der Waals surface area contributed by atoms with Crippen molar-refractivity contribution < 1.29 is 0 Å². The highest BCUT2D eigenvalue weighted by atomic mass is 79.9. The van der Waals surface area contributed by atoms with E-state index in [-0.39, 0.29) is 0 Å². The van der Waals surface area contributed by atoms with Crippen LogP contribution in [0.4, 0.5) is 0 Å². The lowest BCUT2D eigenvalue weighted by Crippen LogP contribution is -2.10. The van der Waals surface area contributed by atoms with Gasteiger partial charge in [0.1, 0.15) is 6.07 Å². The van der Waals surface area contributed by atoms with Crippen molar-refractivity contribution in [2.75, 3.05) is 0 Å². The molecule has 0 saturated heterocycles. The molecule has 0 unspecified atom stereocenters. The van der Waals surface area contributed by atoms with E-state index in [4.69, 9.17) is 5.26 Å². The quantitative estimate of drug-likeness (QED) is 0.354. The molecule has 4 heteroatoms. The molecule has 0 saturated carbocycles. The summed E-state index contributed by atoms with van der Waals surface area (Å²) in [6.07, 6.45) is 4.34. The van der Waals surface area contributed by atoms with Crippen LogP contribution in [0.15, 0.2) is 52.8 Å². The molecular formula is C10H10BrN3. The topological polar surface area (TPSA) is 48.2 Å². The molecule has 0 aromatic carbocycles. The predicted octanol–water partition coefficient (Wildman–Crippen LogP) is 2.62. The van der Waals surface area contributed by atoms with Crippen molar-refractivity contribution in [3.8, 4) is 6.07 Å². The van der Waals surface area contributed by atoms with Gasteiger partial charge in [-0.2, -0.15) is 5.26 Å². The van der Waals surface area contributed by atoms with E-state index in [2.05, 4.69) is 46.0 Å². The molecule has 0 aliphatic heterocycles. The predicted molar refractivity (Wildman–Crippen MR) is 62.7 cm³/mol. The Balaban J connectivity index is 4.50. The maximum Gasteiger partial charge on any atom is 0.101 e. The Hall–Kier alpha value is -1.60. The van der Waals surface area contributed by atoms with Crippen molar-refractivity contribution in [2.45, 2.75) is 0 Å². The lowest BCUT2D eigenvalue weighted by molar-refractivity contribution is 1.18. The van der Waals surface area contributed by atoms with Crippen LogP contribution in [0.25, 0.3) is 0 Å². The smallest absolute Gasteiger partial charge is 0.101 e. The molecule has 0 aliphatic carbocycles. The third-order valence-electron chi connectivity index (χ3n) is 1.17. The van der Waals surface area contributed by atoms with Crippen molar-refractivity contribution in [2.24, 2.45) is 4.99 Å². The van der Waals surface area contributed by atoms with E-state index in [9.17, 15) is 0 Å². The van der Waals surface area contributed by atoms with Crippen LogP contribution in [0.2, 0.25) is 0 Å². The lowest BCUT2D eigenvalue weighted by Gasteiger charge is -2.01. The van der Waals surface area contributed by atoms with Crippen LogP contribution in [-0.4, -0.2) is 6.34 Å². The van der Waals surface area contributed by atoms with Gasteiger partial charge < -0.3 is 5.32 Å². The zero-order valence-electron chi connectivity index (χ0n) is 7.63. The second kappa shape index (κ2) is 6.87. The Labute approximate surface area is 92.0 Å². The van der Waals surface area contributed by atoms with Gasteiger partial charge in [-0.1, -0.05) is 35.7 Å². The van der Waals surface area contributed by atoms with E-state index in [0.717, 1.165) is 0 Å². The molecule has 72 valence electrons. The summed E-state index contributed by atoms with van der Waals surface area (Å²) in [5, 5.41) is 11.5. The van der Waals surface area contributed by atoms with E-state index in [1.54, 1.807) is 6.08 Å². The fraction of sp³-hybridized carbons (Fsp3) is 0. The highest BCUT2D eigenvalue weighted by Crippen LogP contribution is 2.10. The first kappa shape index (κ1) is 12.4. The number of nitrogens with zero attached hydrogens (tertiary/aromatic N) is 2. The summed E-state index contributed by atoms with van der Waals surface area (Å²) in [6, 6.07) is 1.98. The molecule has 0 fully saturated rings. The fourth-order valence-electron chi connectivity index (χ4n) is 0.589. The highest BCUT2D eigenvalue weighted by molar-refractivity contribution is 9.11. The molecule has 0 aromatic heterocycles. The molecule has 14 heavy (non-hydrogen) atoms. The number of halogens is 1. The van der Waals surface area contributed by atoms with E-state index in [1.807, 2.05) is 6.07 Å². The van der Waals surface area contributed by atoms with Gasteiger partial charge in [-0.3, -0.25) is 0 Å². The zero-order valence-corrected chi connectivity index (χ0v) is 9.21. The minimum atomic E-state index is 0.391. The first-order chi connectivity index (χ1) is 6.61. The maximum absolute atomic E-state index is 8.76. The number of rotatable bonds is 5. The minimum Gasteiger partial charge on any atom is -0.346 e. The van der Waals surface area contributed by atoms with Gasteiger partial charge in [0.25, 0.3) is 0 Å². The first-order valence-electron chi connectivity index (χ1n) is 3.66. The third kappa shape index (κ3) is 5.12. The molecule has 0 heterocycles. The van der Waals surface area contributed by atoms with Gasteiger partial charge in [0, 0.05) is 16.4 Å². The van der Waals surface area contributed by atoms with Gasteiger partial charge in [0.2, 0.25) is 0 Å². The summed E-state index contributed by atoms with van der Waals surface area (Å²) in [5.74, 6) is 0. The number of nitriles is 1. The molecule has 0 radical (unpaired) electrons. The Morgan fingerprint density at radius 3 is 2.57 bits per heavy atom. The van der Waals surface area contributed by atoms with Crippen LogP contribution >= 0.6 is 15.9 Å². The standard InChI is InChI=1S/C10H10BrN3/c1-4-13-7-14-9(3)10(6-12)5-8(2)11/h4-5,7H,1-3H2,(H,13,14)/b10-5-. The van der Waals surface area contributed by atoms with Gasteiger partial charge in [-0.25, -0.2) is 4.99 Å². The molecule has 1 N–H and O–H groups in total. The zero-order chi connectivity index (χ0) is 11.0. The van der Waals surface area contributed by atoms with Crippen molar-refractivity contribution >= 4 is 22.3 Å². The number of nitrogens with one attached hydrogen (secondary N) is 1. The normalized spacial score (nSPS) is 10.7. The Kier molecular flexibility index (Phi) is 6.08. The van der Waals surface area contributed by atoms with Crippen LogP contribution < -0.4 is 5.32 Å². The van der Waals surface area contributed by atoms with Crippen molar-refractivity contribution in [1.29, 1.82) is 5.26 Å². The third-order valence-corrected chi connectivity index (χ3v) is 1.39. The number of hydrogen-bond donors (Lipinski definition) is 1. The molecule has 3 nitrogen and oxygen atoms in total. The average molecular weight is 252 g/mol. The van der Waals surface area contributed by atoms with E-state index in [0.29, 0.717) is 15.8 Å². The van der Waals surface area contributed by atoms with E-state index in [1.165, 1.54) is 12.5 Å². The molecule has 0 aliphatic rings. The van der Waals surface area contributed by atoms with Gasteiger partial charge in [0.05, 0.1) is 11.9 Å². The summed E-state index contributed by atoms with van der Waals surface area (Å²) in [5.41, 5.74) is 0.848. The second-order valence-corrected chi connectivity index (χ2v) is 3.22. The lowest BCUT2D eigenvalue weighted by atomic mass is 10.2. The Morgan fingerprint density at radius 2 is 2.14 bits per heavy atom. The minimum absolute atomic E-state index is 0.391. The highest BCUT2D eigenvalue weighted by Gasteiger charge is 1.99. The Morgan fingerprint density at radius 1 is 1.50 bits per heavy atom. The van der Waals surface area contributed by atoms with Crippen molar-refractivity contribution in [3.63, 3.8) is 0 Å². The molecule has 0 rings (SSSR count). The Bertz CT molecular complexity index is 345. The van der Waals surface area contributed by atoms with Gasteiger partial charge in [-0.05, 0) is 6.08 Å². The van der Waals surface area contributed by atoms with Crippen LogP contribution in [0.5, 0.6) is 0 Å². The second-order valence-electron chi connectivity index (χ2n) is 2.20. The van der Waals surface area contributed by atoms with Gasteiger partial charge >= 0.3 is 0 Å². The van der Waals surface area contributed by atoms with Crippen molar-refractivity contribution in [1.82, 2.24) is 5.32 Å². The van der Waals surface area contributed by atoms with Gasteiger partial charge in [0.15, 0.2) is 0 Å². The molecule has 0 aromatic rings. The van der Waals surface area contributed by atoms with Crippen LogP contribution in [-0.2, 0) is 0 Å². The van der Waals surface area contributed by atoms with Crippen molar-refractivity contribution in [3.05, 3.63) is 47.8 Å².